The molecule has 3 aromatic carbocycles. The summed E-state index contributed by atoms with van der Waals surface area (Å²) in [6.07, 6.45) is -0.509. The summed E-state index contributed by atoms with van der Waals surface area (Å²) < 4.78 is 11.1. The van der Waals surface area contributed by atoms with Gasteiger partial charge in [-0.05, 0) is 17.2 Å². The smallest absolute Gasteiger partial charge is 0.124 e. The van der Waals surface area contributed by atoms with E-state index in [1.807, 2.05) is 24.3 Å². The molecule has 1 N–H and O–H groups in total. The minimum Gasteiger partial charge on any atom is -0.496 e. The highest BCUT2D eigenvalue weighted by Gasteiger charge is 2.27. The van der Waals surface area contributed by atoms with E-state index < -0.39 is 6.10 Å². The van der Waals surface area contributed by atoms with Crippen molar-refractivity contribution < 1.29 is 14.6 Å². The molecule has 1 aliphatic heterocycles. The predicted octanol–water partition coefficient (Wildman–Crippen LogP) is 3.98. The lowest BCUT2D eigenvalue weighted by Gasteiger charge is -2.40. The highest BCUT2D eigenvalue weighted by atomic mass is 16.5. The lowest BCUT2D eigenvalue weighted by atomic mass is 9.96. The van der Waals surface area contributed by atoms with Crippen LogP contribution < -0.4 is 4.74 Å². The molecular weight excluding hydrogens is 412 g/mol. The van der Waals surface area contributed by atoms with E-state index in [4.69, 9.17) is 9.47 Å². The maximum absolute atomic E-state index is 10.5. The highest BCUT2D eigenvalue weighted by molar-refractivity contribution is 5.33. The van der Waals surface area contributed by atoms with Crippen molar-refractivity contribution in [2.24, 2.45) is 0 Å². The second-order valence-electron chi connectivity index (χ2n) is 8.54. The number of methoxy groups -OCH3 is 1. The Bertz CT molecular complexity index is 920. The first kappa shape index (κ1) is 23.5. The third-order valence-corrected chi connectivity index (χ3v) is 6.23. The summed E-state index contributed by atoms with van der Waals surface area (Å²) in [5.41, 5.74) is 3.64. The zero-order valence-corrected chi connectivity index (χ0v) is 19.3. The van der Waals surface area contributed by atoms with Gasteiger partial charge >= 0.3 is 0 Å². The Hall–Kier alpha value is -2.70. The van der Waals surface area contributed by atoms with Crippen molar-refractivity contribution >= 4 is 0 Å². The van der Waals surface area contributed by atoms with E-state index in [0.717, 1.165) is 37.5 Å². The normalized spacial score (nSPS) is 16.1. The van der Waals surface area contributed by atoms with Gasteiger partial charge in [0, 0.05) is 38.3 Å². The van der Waals surface area contributed by atoms with Gasteiger partial charge in [0.2, 0.25) is 0 Å². The van der Waals surface area contributed by atoms with Gasteiger partial charge in [0.15, 0.2) is 0 Å². The number of rotatable bonds is 10. The molecule has 1 atom stereocenters. The molecule has 0 saturated carbocycles. The minimum absolute atomic E-state index is 0.253. The molecule has 33 heavy (non-hydrogen) atoms. The largest absolute Gasteiger partial charge is 0.496 e. The molecule has 5 nitrogen and oxygen atoms in total. The molecule has 0 aromatic heterocycles. The van der Waals surface area contributed by atoms with E-state index in [-0.39, 0.29) is 6.04 Å². The van der Waals surface area contributed by atoms with Crippen LogP contribution in [0.3, 0.4) is 0 Å². The van der Waals surface area contributed by atoms with Gasteiger partial charge in [-0.1, -0.05) is 78.9 Å². The van der Waals surface area contributed by atoms with Crippen LogP contribution in [0, 0.1) is 0 Å². The molecule has 174 valence electrons. The van der Waals surface area contributed by atoms with Crippen LogP contribution in [-0.2, 0) is 11.3 Å². The molecule has 1 fully saturated rings. The van der Waals surface area contributed by atoms with Crippen LogP contribution in [0.4, 0.5) is 0 Å². The molecule has 0 spiro atoms. The Morgan fingerprint density at radius 2 is 1.36 bits per heavy atom. The number of β-amino-alcohol motifs (C(OH)–C–C–N with tert-alkyl or cyclic N) is 1. The Kier molecular flexibility index (Phi) is 8.50. The molecule has 3 aromatic rings. The van der Waals surface area contributed by atoms with E-state index in [2.05, 4.69) is 70.5 Å². The first-order chi connectivity index (χ1) is 16.2. The van der Waals surface area contributed by atoms with Crippen LogP contribution in [0.2, 0.25) is 0 Å². The first-order valence-corrected chi connectivity index (χ1v) is 11.7. The standard InChI is InChI=1S/C28H34N2O3/c1-32-27-15-9-8-14-25(27)21-33-22-26(31)20-29-16-18-30(19-17-29)28(23-10-4-2-5-11-23)24-12-6-3-7-13-24/h2-15,26,28,31H,16-22H2,1H3. The average Bonchev–Trinajstić information content (AvgIpc) is 2.87. The Labute approximate surface area is 197 Å². The van der Waals surface area contributed by atoms with Crippen LogP contribution in [0.25, 0.3) is 0 Å². The van der Waals surface area contributed by atoms with Gasteiger partial charge in [-0.2, -0.15) is 0 Å². The second kappa shape index (κ2) is 12.0. The number of nitrogens with zero attached hydrogens (tertiary/aromatic N) is 2. The highest BCUT2D eigenvalue weighted by Crippen LogP contribution is 2.29. The molecule has 5 heteroatoms. The molecule has 1 heterocycles. The molecule has 1 unspecified atom stereocenters. The number of hydrogen-bond acceptors (Lipinski definition) is 5. The molecular formula is C28H34N2O3. The fourth-order valence-electron chi connectivity index (χ4n) is 4.57. The van der Waals surface area contributed by atoms with E-state index >= 15 is 0 Å². The monoisotopic (exact) mass is 446 g/mol. The molecule has 1 saturated heterocycles. The number of aliphatic hydroxyl groups is 1. The van der Waals surface area contributed by atoms with E-state index in [9.17, 15) is 5.11 Å². The van der Waals surface area contributed by atoms with Crippen molar-refractivity contribution in [2.45, 2.75) is 18.8 Å². The predicted molar refractivity (Wildman–Crippen MR) is 131 cm³/mol. The van der Waals surface area contributed by atoms with Crippen molar-refractivity contribution in [3.8, 4) is 5.75 Å². The lowest BCUT2D eigenvalue weighted by Crippen LogP contribution is -2.50. The van der Waals surface area contributed by atoms with Gasteiger partial charge in [0.05, 0.1) is 32.5 Å². The molecule has 1 aliphatic rings. The van der Waals surface area contributed by atoms with Crippen molar-refractivity contribution in [2.75, 3.05) is 46.4 Å². The summed E-state index contributed by atoms with van der Waals surface area (Å²) in [5.74, 6) is 0.814. The summed E-state index contributed by atoms with van der Waals surface area (Å²) in [4.78, 5) is 4.88. The van der Waals surface area contributed by atoms with E-state index in [1.54, 1.807) is 7.11 Å². The number of aliphatic hydroxyl groups excluding tert-OH is 1. The fourth-order valence-corrected chi connectivity index (χ4v) is 4.57. The quantitative estimate of drug-likeness (QED) is 0.510. The van der Waals surface area contributed by atoms with Crippen molar-refractivity contribution in [3.05, 3.63) is 102 Å². The first-order valence-electron chi connectivity index (χ1n) is 11.7. The van der Waals surface area contributed by atoms with Crippen LogP contribution >= 0.6 is 0 Å². The number of hydrogen-bond donors (Lipinski definition) is 1. The van der Waals surface area contributed by atoms with Gasteiger partial charge in [-0.3, -0.25) is 9.80 Å². The third kappa shape index (κ3) is 6.42. The summed E-state index contributed by atoms with van der Waals surface area (Å²) in [7, 11) is 1.66. The van der Waals surface area contributed by atoms with Gasteiger partial charge in [0.25, 0.3) is 0 Å². The van der Waals surface area contributed by atoms with Gasteiger partial charge in [-0.25, -0.2) is 0 Å². The zero-order chi connectivity index (χ0) is 22.9. The van der Waals surface area contributed by atoms with Crippen LogP contribution in [0.1, 0.15) is 22.7 Å². The molecule has 0 radical (unpaired) electrons. The lowest BCUT2D eigenvalue weighted by molar-refractivity contribution is -0.00108. The van der Waals surface area contributed by atoms with Crippen LogP contribution in [-0.4, -0.2) is 67.5 Å². The number of ether oxygens (including phenoxy) is 2. The molecule has 4 rings (SSSR count). The van der Waals surface area contributed by atoms with Gasteiger partial charge in [0.1, 0.15) is 5.75 Å². The number of para-hydroxylation sites is 1. The fraction of sp³-hybridized carbons (Fsp3) is 0.357. The zero-order valence-electron chi connectivity index (χ0n) is 19.3. The Morgan fingerprint density at radius 1 is 0.788 bits per heavy atom. The topological polar surface area (TPSA) is 45.2 Å². The number of piperazine rings is 1. The van der Waals surface area contributed by atoms with E-state index in [0.29, 0.717) is 19.8 Å². The number of benzene rings is 3. The van der Waals surface area contributed by atoms with Gasteiger partial charge in [-0.15, -0.1) is 0 Å². The van der Waals surface area contributed by atoms with Crippen molar-refractivity contribution in [3.63, 3.8) is 0 Å². The maximum atomic E-state index is 10.5. The van der Waals surface area contributed by atoms with Crippen molar-refractivity contribution in [1.82, 2.24) is 9.80 Å². The second-order valence-corrected chi connectivity index (χ2v) is 8.54. The Morgan fingerprint density at radius 3 is 1.97 bits per heavy atom. The minimum atomic E-state index is -0.509. The van der Waals surface area contributed by atoms with E-state index in [1.165, 1.54) is 11.1 Å². The van der Waals surface area contributed by atoms with Crippen molar-refractivity contribution in [1.29, 1.82) is 0 Å². The van der Waals surface area contributed by atoms with Crippen LogP contribution in [0.5, 0.6) is 5.75 Å². The summed E-state index contributed by atoms with van der Waals surface area (Å²) in [6, 6.07) is 29.5. The summed E-state index contributed by atoms with van der Waals surface area (Å²) >= 11 is 0. The molecule has 0 aliphatic carbocycles. The summed E-state index contributed by atoms with van der Waals surface area (Å²) in [6.45, 7) is 5.16. The van der Waals surface area contributed by atoms with Crippen LogP contribution in [0.15, 0.2) is 84.9 Å². The molecule has 0 bridgehead atoms. The Balaban J connectivity index is 1.28. The third-order valence-electron chi connectivity index (χ3n) is 6.23. The van der Waals surface area contributed by atoms with Gasteiger partial charge < -0.3 is 14.6 Å². The molecule has 0 amide bonds. The maximum Gasteiger partial charge on any atom is 0.124 e. The average molecular weight is 447 g/mol. The SMILES string of the molecule is COc1ccccc1COCC(O)CN1CCN(C(c2ccccc2)c2ccccc2)CC1. The summed E-state index contributed by atoms with van der Waals surface area (Å²) in [5, 5.41) is 10.5.